The van der Waals surface area contributed by atoms with Crippen LogP contribution in [0.3, 0.4) is 0 Å². The molecule has 0 aliphatic heterocycles. The summed E-state index contributed by atoms with van der Waals surface area (Å²) >= 11 is 5.80. The van der Waals surface area contributed by atoms with Gasteiger partial charge < -0.3 is 15.8 Å². The van der Waals surface area contributed by atoms with Gasteiger partial charge in [0, 0.05) is 31.6 Å². The highest BCUT2D eigenvalue weighted by Gasteiger charge is 2.11. The molecule has 5 heteroatoms. The normalized spacial score (nSPS) is 12.2. The van der Waals surface area contributed by atoms with E-state index in [9.17, 15) is 4.79 Å². The summed E-state index contributed by atoms with van der Waals surface area (Å²) in [6.45, 7) is 0.779. The molecule has 1 rings (SSSR count). The fraction of sp³-hybridized carbons (Fsp3) is 0.417. The van der Waals surface area contributed by atoms with Crippen LogP contribution >= 0.6 is 11.6 Å². The monoisotopic (exact) mass is 256 g/mol. The minimum absolute atomic E-state index is 0.0662. The number of hydrogen-bond acceptors (Lipinski definition) is 3. The minimum Gasteiger partial charge on any atom is -0.375 e. The number of hydrogen-bond donors (Lipinski definition) is 2. The lowest BCUT2D eigenvalue weighted by molar-refractivity contribution is -0.121. The van der Waals surface area contributed by atoms with Gasteiger partial charge in [-0.1, -0.05) is 23.7 Å². The Morgan fingerprint density at radius 1 is 1.47 bits per heavy atom. The van der Waals surface area contributed by atoms with E-state index in [0.717, 1.165) is 5.56 Å². The maximum atomic E-state index is 11.3. The number of halogens is 1. The van der Waals surface area contributed by atoms with Crippen LogP contribution in [-0.4, -0.2) is 26.1 Å². The van der Waals surface area contributed by atoms with Crippen LogP contribution in [0.25, 0.3) is 0 Å². The van der Waals surface area contributed by atoms with E-state index >= 15 is 0 Å². The molecule has 0 fully saturated rings. The molecule has 3 N–H and O–H groups in total. The number of nitrogens with one attached hydrogen (secondary N) is 1. The first-order valence-corrected chi connectivity index (χ1v) is 5.80. The Hall–Kier alpha value is -1.10. The van der Waals surface area contributed by atoms with Gasteiger partial charge >= 0.3 is 0 Å². The highest BCUT2D eigenvalue weighted by Crippen LogP contribution is 2.18. The Morgan fingerprint density at radius 2 is 2.12 bits per heavy atom. The lowest BCUT2D eigenvalue weighted by atomic mass is 10.1. The number of amides is 1. The largest absolute Gasteiger partial charge is 0.375 e. The number of carbonyl (C=O) groups is 1. The quantitative estimate of drug-likeness (QED) is 0.811. The first kappa shape index (κ1) is 14.0. The van der Waals surface area contributed by atoms with Crippen molar-refractivity contribution in [1.29, 1.82) is 0 Å². The Balaban J connectivity index is 2.54. The van der Waals surface area contributed by atoms with Gasteiger partial charge in [-0.2, -0.15) is 0 Å². The zero-order valence-electron chi connectivity index (χ0n) is 9.78. The summed E-state index contributed by atoms with van der Waals surface area (Å²) in [5.74, 6) is -0.0662. The highest BCUT2D eigenvalue weighted by molar-refractivity contribution is 6.30. The minimum atomic E-state index is -0.172. The van der Waals surface area contributed by atoms with Gasteiger partial charge in [-0.05, 0) is 17.7 Å². The summed E-state index contributed by atoms with van der Waals surface area (Å²) in [6, 6.07) is 7.35. The average molecular weight is 257 g/mol. The van der Waals surface area contributed by atoms with Crippen molar-refractivity contribution in [2.45, 2.75) is 12.5 Å². The standard InChI is InChI=1S/C12H17ClN2O2/c1-17-11(8-15-12(16)6-7-14)9-2-4-10(13)5-3-9/h2-5,11H,6-8,14H2,1H3,(H,15,16). The number of carbonyl (C=O) groups excluding carboxylic acids is 1. The molecule has 1 aromatic rings. The average Bonchev–Trinajstić information content (AvgIpc) is 2.32. The molecule has 0 spiro atoms. The second-order valence-electron chi connectivity index (χ2n) is 3.62. The fourth-order valence-electron chi connectivity index (χ4n) is 1.44. The van der Waals surface area contributed by atoms with E-state index in [1.165, 1.54) is 0 Å². The zero-order valence-corrected chi connectivity index (χ0v) is 10.5. The Labute approximate surface area is 106 Å². The van der Waals surface area contributed by atoms with Crippen LogP contribution in [0.4, 0.5) is 0 Å². The maximum absolute atomic E-state index is 11.3. The lowest BCUT2D eigenvalue weighted by Crippen LogP contribution is -2.30. The van der Waals surface area contributed by atoms with Crippen LogP contribution in [0.15, 0.2) is 24.3 Å². The van der Waals surface area contributed by atoms with Crippen molar-refractivity contribution < 1.29 is 9.53 Å². The number of methoxy groups -OCH3 is 1. The molecule has 1 aromatic carbocycles. The summed E-state index contributed by atoms with van der Waals surface area (Å²) < 4.78 is 5.32. The molecule has 0 aliphatic carbocycles. The molecule has 0 heterocycles. The van der Waals surface area contributed by atoms with Crippen molar-refractivity contribution in [3.05, 3.63) is 34.9 Å². The van der Waals surface area contributed by atoms with Gasteiger partial charge in [0.1, 0.15) is 0 Å². The second-order valence-corrected chi connectivity index (χ2v) is 4.06. The molecule has 0 aromatic heterocycles. The van der Waals surface area contributed by atoms with Crippen molar-refractivity contribution in [3.63, 3.8) is 0 Å². The molecule has 0 aliphatic rings. The molecule has 94 valence electrons. The van der Waals surface area contributed by atoms with Gasteiger partial charge in [0.05, 0.1) is 6.10 Å². The molecule has 1 amide bonds. The fourth-order valence-corrected chi connectivity index (χ4v) is 1.57. The van der Waals surface area contributed by atoms with Crippen LogP contribution in [0.5, 0.6) is 0 Å². The van der Waals surface area contributed by atoms with E-state index in [-0.39, 0.29) is 12.0 Å². The van der Waals surface area contributed by atoms with E-state index in [0.29, 0.717) is 24.5 Å². The van der Waals surface area contributed by atoms with E-state index in [1.54, 1.807) is 19.2 Å². The summed E-state index contributed by atoms with van der Waals surface area (Å²) in [5, 5.41) is 3.45. The third-order valence-corrected chi connectivity index (χ3v) is 2.63. The molecule has 0 saturated heterocycles. The predicted molar refractivity (Wildman–Crippen MR) is 67.9 cm³/mol. The van der Waals surface area contributed by atoms with E-state index in [2.05, 4.69) is 5.32 Å². The molecule has 4 nitrogen and oxygen atoms in total. The Bertz CT molecular complexity index is 354. The second kappa shape index (κ2) is 7.27. The number of rotatable bonds is 6. The van der Waals surface area contributed by atoms with Gasteiger partial charge in [0.15, 0.2) is 0 Å². The molecule has 17 heavy (non-hydrogen) atoms. The third kappa shape index (κ3) is 4.73. The summed E-state index contributed by atoms with van der Waals surface area (Å²) in [7, 11) is 1.61. The van der Waals surface area contributed by atoms with Crippen LogP contribution in [-0.2, 0) is 9.53 Å². The van der Waals surface area contributed by atoms with Crippen molar-refractivity contribution in [1.82, 2.24) is 5.32 Å². The van der Waals surface area contributed by atoms with Gasteiger partial charge in [0.25, 0.3) is 0 Å². The summed E-state index contributed by atoms with van der Waals surface area (Å²) in [6.07, 6.45) is 0.158. The lowest BCUT2D eigenvalue weighted by Gasteiger charge is -2.16. The molecular weight excluding hydrogens is 240 g/mol. The van der Waals surface area contributed by atoms with E-state index in [1.807, 2.05) is 12.1 Å². The topological polar surface area (TPSA) is 64.3 Å². The third-order valence-electron chi connectivity index (χ3n) is 2.38. The summed E-state index contributed by atoms with van der Waals surface area (Å²) in [4.78, 5) is 11.3. The number of nitrogens with two attached hydrogens (primary N) is 1. The van der Waals surface area contributed by atoms with Gasteiger partial charge in [-0.25, -0.2) is 0 Å². The molecule has 0 saturated carbocycles. The van der Waals surface area contributed by atoms with E-state index in [4.69, 9.17) is 22.1 Å². The molecule has 1 atom stereocenters. The van der Waals surface area contributed by atoms with E-state index < -0.39 is 0 Å². The van der Waals surface area contributed by atoms with Crippen LogP contribution in [0.1, 0.15) is 18.1 Å². The van der Waals surface area contributed by atoms with Crippen molar-refractivity contribution in [2.24, 2.45) is 5.73 Å². The SMILES string of the molecule is COC(CNC(=O)CCN)c1ccc(Cl)cc1. The zero-order chi connectivity index (χ0) is 12.7. The first-order valence-electron chi connectivity index (χ1n) is 5.42. The molecule has 1 unspecified atom stereocenters. The number of ether oxygens (including phenoxy) is 1. The number of benzene rings is 1. The van der Waals surface area contributed by atoms with Crippen LogP contribution < -0.4 is 11.1 Å². The summed E-state index contributed by atoms with van der Waals surface area (Å²) in [5.41, 5.74) is 6.27. The smallest absolute Gasteiger partial charge is 0.221 e. The molecule has 0 bridgehead atoms. The van der Waals surface area contributed by atoms with Gasteiger partial charge in [0.2, 0.25) is 5.91 Å². The molecular formula is C12H17ClN2O2. The highest BCUT2D eigenvalue weighted by atomic mass is 35.5. The first-order chi connectivity index (χ1) is 8.17. The van der Waals surface area contributed by atoms with Crippen molar-refractivity contribution >= 4 is 17.5 Å². The van der Waals surface area contributed by atoms with Crippen molar-refractivity contribution in [3.8, 4) is 0 Å². The Morgan fingerprint density at radius 3 is 2.65 bits per heavy atom. The predicted octanol–water partition coefficient (Wildman–Crippen LogP) is 1.49. The van der Waals surface area contributed by atoms with Gasteiger partial charge in [-0.3, -0.25) is 4.79 Å². The van der Waals surface area contributed by atoms with Crippen LogP contribution in [0, 0.1) is 0 Å². The van der Waals surface area contributed by atoms with Gasteiger partial charge in [-0.15, -0.1) is 0 Å². The maximum Gasteiger partial charge on any atom is 0.221 e. The van der Waals surface area contributed by atoms with Crippen LogP contribution in [0.2, 0.25) is 5.02 Å². The Kier molecular flexibility index (Phi) is 5.97. The molecule has 0 radical (unpaired) electrons. The van der Waals surface area contributed by atoms with Crippen molar-refractivity contribution in [2.75, 3.05) is 20.2 Å².